The van der Waals surface area contributed by atoms with Gasteiger partial charge in [0, 0.05) is 12.6 Å². The highest BCUT2D eigenvalue weighted by molar-refractivity contribution is 5.99. The Kier molecular flexibility index (Phi) is 5.69. The molecule has 31 heavy (non-hydrogen) atoms. The molecule has 0 spiro atoms. The molecule has 4 rings (SSSR count). The highest BCUT2D eigenvalue weighted by Gasteiger charge is 2.42. The van der Waals surface area contributed by atoms with E-state index in [9.17, 15) is 9.59 Å². The number of methoxy groups -OCH3 is 2. The first-order valence-corrected chi connectivity index (χ1v) is 10.2. The molecule has 1 aliphatic heterocycles. The van der Waals surface area contributed by atoms with E-state index >= 15 is 0 Å². The van der Waals surface area contributed by atoms with Crippen molar-refractivity contribution >= 4 is 16.9 Å². The Hall–Kier alpha value is -3.32. The molecule has 1 atom stereocenters. The van der Waals surface area contributed by atoms with Gasteiger partial charge >= 0.3 is 0 Å². The number of rotatable bonds is 7. The molecule has 7 heteroatoms. The van der Waals surface area contributed by atoms with E-state index in [4.69, 9.17) is 13.9 Å². The van der Waals surface area contributed by atoms with Crippen molar-refractivity contribution in [1.29, 1.82) is 0 Å². The van der Waals surface area contributed by atoms with Gasteiger partial charge in [0.05, 0.1) is 31.2 Å². The second-order valence-electron chi connectivity index (χ2n) is 7.87. The minimum atomic E-state index is -0.525. The predicted octanol–water partition coefficient (Wildman–Crippen LogP) is 3.31. The lowest BCUT2D eigenvalue weighted by molar-refractivity contribution is 0.0722. The molecule has 1 unspecified atom stereocenters. The van der Waals surface area contributed by atoms with E-state index in [0.29, 0.717) is 34.6 Å². The summed E-state index contributed by atoms with van der Waals surface area (Å²) in [6.45, 7) is 1.33. The SMILES string of the molecule is COc1cccc(C2c3c(oc4cc(OC)ccc4c3=O)C(=O)N2CCCN(C)C)c1. The van der Waals surface area contributed by atoms with Gasteiger partial charge in [-0.25, -0.2) is 0 Å². The average molecular weight is 422 g/mol. The largest absolute Gasteiger partial charge is 0.497 e. The summed E-state index contributed by atoms with van der Waals surface area (Å²) in [5.41, 5.74) is 1.34. The summed E-state index contributed by atoms with van der Waals surface area (Å²) < 4.78 is 16.6. The maximum absolute atomic E-state index is 13.5. The number of nitrogens with zero attached hydrogens (tertiary/aromatic N) is 2. The number of ether oxygens (including phenoxy) is 2. The maximum atomic E-state index is 13.5. The van der Waals surface area contributed by atoms with Crippen molar-refractivity contribution < 1.29 is 18.7 Å². The fourth-order valence-electron chi connectivity index (χ4n) is 4.07. The van der Waals surface area contributed by atoms with Crippen LogP contribution in [-0.4, -0.2) is 57.1 Å². The molecule has 0 saturated carbocycles. The highest BCUT2D eigenvalue weighted by Crippen LogP contribution is 2.39. The molecule has 1 aliphatic rings. The lowest BCUT2D eigenvalue weighted by Crippen LogP contribution is -2.32. The predicted molar refractivity (Wildman–Crippen MR) is 118 cm³/mol. The normalized spacial score (nSPS) is 15.6. The summed E-state index contributed by atoms with van der Waals surface area (Å²) >= 11 is 0. The van der Waals surface area contributed by atoms with E-state index in [0.717, 1.165) is 18.5 Å². The van der Waals surface area contributed by atoms with Gasteiger partial charge in [0.15, 0.2) is 5.43 Å². The smallest absolute Gasteiger partial charge is 0.290 e. The number of amides is 1. The summed E-state index contributed by atoms with van der Waals surface area (Å²) in [5.74, 6) is 1.06. The second kappa shape index (κ2) is 8.43. The first-order chi connectivity index (χ1) is 14.9. The Balaban J connectivity index is 1.88. The van der Waals surface area contributed by atoms with Crippen LogP contribution in [0.15, 0.2) is 51.7 Å². The summed E-state index contributed by atoms with van der Waals surface area (Å²) in [6.07, 6.45) is 0.773. The molecule has 0 aliphatic carbocycles. The van der Waals surface area contributed by atoms with Crippen molar-refractivity contribution in [2.24, 2.45) is 0 Å². The van der Waals surface area contributed by atoms with Gasteiger partial charge in [0.2, 0.25) is 5.76 Å². The molecule has 2 aromatic carbocycles. The minimum absolute atomic E-state index is 0.100. The molecule has 0 fully saturated rings. The minimum Gasteiger partial charge on any atom is -0.497 e. The topological polar surface area (TPSA) is 72.2 Å². The van der Waals surface area contributed by atoms with Crippen LogP contribution < -0.4 is 14.9 Å². The Morgan fingerprint density at radius 1 is 1.03 bits per heavy atom. The van der Waals surface area contributed by atoms with Crippen molar-refractivity contribution in [2.45, 2.75) is 12.5 Å². The number of benzene rings is 2. The Labute approximate surface area is 180 Å². The van der Waals surface area contributed by atoms with Gasteiger partial charge in [-0.1, -0.05) is 12.1 Å². The van der Waals surface area contributed by atoms with Crippen molar-refractivity contribution in [3.8, 4) is 11.5 Å². The molecule has 2 heterocycles. The van der Waals surface area contributed by atoms with Crippen LogP contribution in [0.4, 0.5) is 0 Å². The van der Waals surface area contributed by atoms with Gasteiger partial charge in [-0.15, -0.1) is 0 Å². The van der Waals surface area contributed by atoms with E-state index in [2.05, 4.69) is 4.90 Å². The molecule has 7 nitrogen and oxygen atoms in total. The van der Waals surface area contributed by atoms with Crippen molar-refractivity contribution in [3.63, 3.8) is 0 Å². The number of carbonyl (C=O) groups excluding carboxylic acids is 1. The number of hydrogen-bond donors (Lipinski definition) is 0. The summed E-state index contributed by atoms with van der Waals surface area (Å²) in [7, 11) is 7.12. The van der Waals surface area contributed by atoms with Crippen LogP contribution in [0, 0.1) is 0 Å². The quantitative estimate of drug-likeness (QED) is 0.582. The van der Waals surface area contributed by atoms with Gasteiger partial charge in [0.25, 0.3) is 5.91 Å². The Morgan fingerprint density at radius 3 is 2.48 bits per heavy atom. The molecule has 1 amide bonds. The zero-order valence-corrected chi connectivity index (χ0v) is 18.2. The van der Waals surface area contributed by atoms with E-state index in [1.807, 2.05) is 38.4 Å². The van der Waals surface area contributed by atoms with Crippen LogP contribution in [0.3, 0.4) is 0 Å². The van der Waals surface area contributed by atoms with Gasteiger partial charge in [-0.05, 0) is 56.9 Å². The molecule has 0 saturated heterocycles. The maximum Gasteiger partial charge on any atom is 0.290 e. The monoisotopic (exact) mass is 422 g/mol. The first kappa shape index (κ1) is 20.9. The van der Waals surface area contributed by atoms with Crippen molar-refractivity contribution in [1.82, 2.24) is 9.80 Å². The van der Waals surface area contributed by atoms with E-state index < -0.39 is 6.04 Å². The Morgan fingerprint density at radius 2 is 1.77 bits per heavy atom. The highest BCUT2D eigenvalue weighted by atomic mass is 16.5. The van der Waals surface area contributed by atoms with Crippen LogP contribution >= 0.6 is 0 Å². The van der Waals surface area contributed by atoms with Crippen LogP contribution in [-0.2, 0) is 0 Å². The fraction of sp³-hybridized carbons (Fsp3) is 0.333. The third kappa shape index (κ3) is 3.77. The summed E-state index contributed by atoms with van der Waals surface area (Å²) in [6, 6.07) is 12.0. The summed E-state index contributed by atoms with van der Waals surface area (Å²) in [5, 5.41) is 0.426. The van der Waals surface area contributed by atoms with Gasteiger partial charge in [-0.3, -0.25) is 9.59 Å². The second-order valence-corrected chi connectivity index (χ2v) is 7.87. The number of fused-ring (bicyclic) bond motifs is 2. The third-order valence-corrected chi connectivity index (χ3v) is 5.59. The lowest BCUT2D eigenvalue weighted by Gasteiger charge is -2.26. The standard InChI is InChI=1S/C24H26N2O5/c1-25(2)11-6-12-26-21(15-7-5-8-16(13-15)29-3)20-22(27)18-10-9-17(30-4)14-19(18)31-23(20)24(26)28/h5,7-10,13-14,21H,6,11-12H2,1-4H3. The molecule has 0 radical (unpaired) electrons. The average Bonchev–Trinajstić information content (AvgIpc) is 3.05. The van der Waals surface area contributed by atoms with Crippen LogP contribution in [0.5, 0.6) is 11.5 Å². The van der Waals surface area contributed by atoms with Crippen LogP contribution in [0.2, 0.25) is 0 Å². The Bertz CT molecular complexity index is 1180. The molecule has 3 aromatic rings. The molecular formula is C24H26N2O5. The molecule has 162 valence electrons. The number of carbonyl (C=O) groups is 1. The number of hydrogen-bond acceptors (Lipinski definition) is 6. The zero-order chi connectivity index (χ0) is 22.1. The third-order valence-electron chi connectivity index (χ3n) is 5.59. The molecule has 1 aromatic heterocycles. The molecular weight excluding hydrogens is 396 g/mol. The van der Waals surface area contributed by atoms with Gasteiger partial charge in [0.1, 0.15) is 17.1 Å². The van der Waals surface area contributed by atoms with E-state index in [-0.39, 0.29) is 17.1 Å². The van der Waals surface area contributed by atoms with Gasteiger partial charge in [-0.2, -0.15) is 0 Å². The lowest BCUT2D eigenvalue weighted by atomic mass is 9.98. The fourth-order valence-corrected chi connectivity index (χ4v) is 4.07. The van der Waals surface area contributed by atoms with Crippen LogP contribution in [0.1, 0.15) is 34.1 Å². The van der Waals surface area contributed by atoms with Gasteiger partial charge < -0.3 is 23.7 Å². The zero-order valence-electron chi connectivity index (χ0n) is 18.2. The molecule has 0 bridgehead atoms. The summed E-state index contributed by atoms with van der Waals surface area (Å²) in [4.78, 5) is 30.7. The van der Waals surface area contributed by atoms with E-state index in [1.54, 1.807) is 37.3 Å². The van der Waals surface area contributed by atoms with E-state index in [1.165, 1.54) is 0 Å². The van der Waals surface area contributed by atoms with Crippen molar-refractivity contribution in [2.75, 3.05) is 41.4 Å². The molecule has 0 N–H and O–H groups in total. The first-order valence-electron chi connectivity index (χ1n) is 10.2. The van der Waals surface area contributed by atoms with Crippen LogP contribution in [0.25, 0.3) is 11.0 Å². The van der Waals surface area contributed by atoms with Crippen molar-refractivity contribution in [3.05, 3.63) is 69.6 Å².